The predicted molar refractivity (Wildman–Crippen MR) is 46.9 cm³/mol. The van der Waals surface area contributed by atoms with Gasteiger partial charge in [-0.3, -0.25) is 0 Å². The Kier molecular flexibility index (Phi) is 4.32. The number of rotatable bonds is 1. The summed E-state index contributed by atoms with van der Waals surface area (Å²) in [6.45, 7) is 0. The summed E-state index contributed by atoms with van der Waals surface area (Å²) in [6, 6.07) is 1.69. The summed E-state index contributed by atoms with van der Waals surface area (Å²) in [6.07, 6.45) is 0. The molecule has 0 aliphatic carbocycles. The van der Waals surface area contributed by atoms with Crippen LogP contribution in [0.5, 0.6) is 17.2 Å². The average Bonchev–Trinajstić information content (AvgIpc) is 1.99. The molecule has 0 saturated carbocycles. The van der Waals surface area contributed by atoms with E-state index in [4.69, 9.17) is 20.4 Å². The Hall–Kier alpha value is -0.650. The molecule has 0 radical (unpaired) electrons. The van der Waals surface area contributed by atoms with Crippen molar-refractivity contribution in [1.82, 2.24) is 0 Å². The van der Waals surface area contributed by atoms with E-state index in [0.717, 1.165) is 12.1 Å². The molecule has 68 valence electrons. The van der Waals surface area contributed by atoms with Crippen LogP contribution in [0.2, 0.25) is 0 Å². The van der Waals surface area contributed by atoms with E-state index < -0.39 is 23.2 Å². The van der Waals surface area contributed by atoms with Crippen molar-refractivity contribution in [3.05, 3.63) is 17.7 Å². The van der Waals surface area contributed by atoms with Gasteiger partial charge in [0, 0.05) is 0 Å². The Morgan fingerprint density at radius 1 is 1.08 bits per heavy atom. The second-order valence-electron chi connectivity index (χ2n) is 2.17. The maximum absolute atomic E-state index is 10.3. The van der Waals surface area contributed by atoms with Gasteiger partial charge in [-0.05, 0) is 12.1 Å². The molecule has 0 heterocycles. The molecule has 0 fully saturated rings. The Bertz CT molecular complexity index is 313. The summed E-state index contributed by atoms with van der Waals surface area (Å²) in [5.41, 5.74) is -0.289. The van der Waals surface area contributed by atoms with Crippen LogP contribution < -0.4 is 0 Å². The Labute approximate surface area is 103 Å². The molecule has 13 heavy (non-hydrogen) atoms. The molecule has 1 aromatic carbocycles. The van der Waals surface area contributed by atoms with Gasteiger partial charge in [0.2, 0.25) is 0 Å². The van der Waals surface area contributed by atoms with Crippen LogP contribution in [-0.4, -0.2) is 64.1 Å². The van der Waals surface area contributed by atoms with E-state index >= 15 is 0 Å². The number of hydrogen-bond donors (Lipinski definition) is 4. The molecular formula is C7H8CaO5. The van der Waals surface area contributed by atoms with Gasteiger partial charge in [0.25, 0.3) is 0 Å². The molecule has 0 spiro atoms. The summed E-state index contributed by atoms with van der Waals surface area (Å²) < 4.78 is 0. The zero-order valence-corrected chi connectivity index (χ0v) is 5.85. The van der Waals surface area contributed by atoms with Crippen molar-refractivity contribution >= 4 is 43.7 Å². The zero-order chi connectivity index (χ0) is 9.30. The van der Waals surface area contributed by atoms with Crippen molar-refractivity contribution in [2.45, 2.75) is 0 Å². The van der Waals surface area contributed by atoms with Gasteiger partial charge in [-0.2, -0.15) is 0 Å². The van der Waals surface area contributed by atoms with Gasteiger partial charge >= 0.3 is 43.7 Å². The Morgan fingerprint density at radius 3 is 1.77 bits per heavy atom. The van der Waals surface area contributed by atoms with Crippen LogP contribution in [0.3, 0.4) is 0 Å². The second-order valence-corrected chi connectivity index (χ2v) is 2.17. The topological polar surface area (TPSA) is 98.0 Å². The van der Waals surface area contributed by atoms with E-state index in [1.807, 2.05) is 0 Å². The summed E-state index contributed by atoms with van der Waals surface area (Å²) >= 11 is 0. The van der Waals surface area contributed by atoms with Crippen molar-refractivity contribution < 1.29 is 25.2 Å². The Morgan fingerprint density at radius 2 is 1.46 bits per heavy atom. The third-order valence-electron chi connectivity index (χ3n) is 1.32. The standard InChI is InChI=1S/C7H6O5.Ca.2H/c8-4-1-3(7(11)12)2-5(9)6(4)10;;;/h1-2,8-10H,(H,11,12);;;. The fourth-order valence-electron chi connectivity index (χ4n) is 0.728. The monoisotopic (exact) mass is 212 g/mol. The molecular weight excluding hydrogens is 204 g/mol. The molecule has 1 rings (SSSR count). The van der Waals surface area contributed by atoms with E-state index in [1.54, 1.807) is 0 Å². The second kappa shape index (κ2) is 4.55. The number of hydrogen-bond acceptors (Lipinski definition) is 4. The number of aromatic carboxylic acids is 1. The fourth-order valence-corrected chi connectivity index (χ4v) is 0.728. The first kappa shape index (κ1) is 12.3. The average molecular weight is 212 g/mol. The summed E-state index contributed by atoms with van der Waals surface area (Å²) in [5.74, 6) is -3.33. The normalized spacial score (nSPS) is 8.92. The van der Waals surface area contributed by atoms with Crippen LogP contribution in [0.4, 0.5) is 0 Å². The van der Waals surface area contributed by atoms with E-state index in [0.29, 0.717) is 0 Å². The van der Waals surface area contributed by atoms with Crippen molar-refractivity contribution in [2.24, 2.45) is 0 Å². The number of aromatic hydroxyl groups is 3. The van der Waals surface area contributed by atoms with E-state index in [1.165, 1.54) is 0 Å². The van der Waals surface area contributed by atoms with Crippen molar-refractivity contribution in [2.75, 3.05) is 0 Å². The third-order valence-corrected chi connectivity index (χ3v) is 1.32. The van der Waals surface area contributed by atoms with Gasteiger partial charge in [-0.1, -0.05) is 0 Å². The minimum atomic E-state index is -1.29. The van der Waals surface area contributed by atoms with Crippen molar-refractivity contribution in [1.29, 1.82) is 0 Å². The third kappa shape index (κ3) is 2.65. The number of phenolic OH excluding ortho intramolecular Hbond substituents is 3. The van der Waals surface area contributed by atoms with Crippen LogP contribution in [0.25, 0.3) is 0 Å². The maximum atomic E-state index is 10.3. The summed E-state index contributed by atoms with van der Waals surface area (Å²) in [7, 11) is 0. The van der Waals surface area contributed by atoms with Gasteiger partial charge in [-0.25, -0.2) is 4.79 Å². The van der Waals surface area contributed by atoms with Crippen molar-refractivity contribution in [3.8, 4) is 17.2 Å². The summed E-state index contributed by atoms with van der Waals surface area (Å²) in [4.78, 5) is 10.3. The fraction of sp³-hybridized carbons (Fsp3) is 0. The first-order valence-electron chi connectivity index (χ1n) is 3.00. The molecule has 0 unspecified atom stereocenters. The SMILES string of the molecule is O=C(O)c1cc(O)c(O)c(O)c1.[CaH2]. The predicted octanol–water partition coefficient (Wildman–Crippen LogP) is -0.415. The van der Waals surface area contributed by atoms with Crippen LogP contribution in [0.15, 0.2) is 12.1 Å². The van der Waals surface area contributed by atoms with Crippen LogP contribution in [0, 0.1) is 0 Å². The molecule has 0 aliphatic rings. The van der Waals surface area contributed by atoms with Crippen molar-refractivity contribution in [3.63, 3.8) is 0 Å². The minimum absolute atomic E-state index is 0. The molecule has 0 aliphatic heterocycles. The molecule has 5 nitrogen and oxygen atoms in total. The molecule has 1 aromatic rings. The van der Waals surface area contributed by atoms with Gasteiger partial charge < -0.3 is 20.4 Å². The molecule has 0 amide bonds. The van der Waals surface area contributed by atoms with Gasteiger partial charge in [0.1, 0.15) is 0 Å². The van der Waals surface area contributed by atoms with E-state index in [9.17, 15) is 4.79 Å². The molecule has 4 N–H and O–H groups in total. The van der Waals surface area contributed by atoms with Crippen LogP contribution >= 0.6 is 0 Å². The molecule has 0 atom stereocenters. The number of carboxylic acid groups (broad SMARTS) is 1. The van der Waals surface area contributed by atoms with E-state index in [-0.39, 0.29) is 43.3 Å². The molecule has 0 saturated heterocycles. The van der Waals surface area contributed by atoms with Gasteiger partial charge in [0.15, 0.2) is 17.2 Å². The quantitative estimate of drug-likeness (QED) is 0.374. The number of carbonyl (C=O) groups is 1. The first-order chi connectivity index (χ1) is 5.52. The van der Waals surface area contributed by atoms with Gasteiger partial charge in [0.05, 0.1) is 5.56 Å². The number of phenols is 3. The van der Waals surface area contributed by atoms with Crippen LogP contribution in [-0.2, 0) is 0 Å². The van der Waals surface area contributed by atoms with E-state index in [2.05, 4.69) is 0 Å². The zero-order valence-electron chi connectivity index (χ0n) is 5.85. The molecule has 6 heteroatoms. The molecule has 0 aromatic heterocycles. The first-order valence-corrected chi connectivity index (χ1v) is 3.00. The number of carboxylic acids is 1. The summed E-state index contributed by atoms with van der Waals surface area (Å²) in [5, 5.41) is 35.0. The molecule has 0 bridgehead atoms. The Balaban J connectivity index is 0.00000144. The number of benzene rings is 1. The van der Waals surface area contributed by atoms with Crippen LogP contribution in [0.1, 0.15) is 10.4 Å². The van der Waals surface area contributed by atoms with Gasteiger partial charge in [-0.15, -0.1) is 0 Å².